The average Bonchev–Trinajstić information content (AvgIpc) is 3.23. The SMILES string of the molecule is COc1cc2c(cc1OC)CN(S(=O)(=O)CCCNC(=O)Cc1c[nH]c3ccccc13)CC2. The molecule has 1 aliphatic heterocycles. The molecule has 0 spiro atoms. The number of aromatic nitrogens is 1. The number of carbonyl (C=O) groups is 1. The third-order valence-corrected chi connectivity index (χ3v) is 7.91. The molecule has 2 N–H and O–H groups in total. The first-order valence-electron chi connectivity index (χ1n) is 10.9. The molecule has 0 radical (unpaired) electrons. The summed E-state index contributed by atoms with van der Waals surface area (Å²) in [5, 5.41) is 3.86. The van der Waals surface area contributed by atoms with E-state index in [1.165, 1.54) is 4.31 Å². The van der Waals surface area contributed by atoms with Crippen LogP contribution in [0.5, 0.6) is 11.5 Å². The van der Waals surface area contributed by atoms with Gasteiger partial charge in [-0.3, -0.25) is 4.79 Å². The lowest BCUT2D eigenvalue weighted by Gasteiger charge is -2.29. The van der Waals surface area contributed by atoms with Crippen molar-refractivity contribution in [3.05, 3.63) is 59.3 Å². The monoisotopic (exact) mass is 471 g/mol. The van der Waals surface area contributed by atoms with Crippen LogP contribution >= 0.6 is 0 Å². The Morgan fingerprint density at radius 3 is 2.61 bits per heavy atom. The maximum atomic E-state index is 12.9. The van der Waals surface area contributed by atoms with E-state index in [9.17, 15) is 13.2 Å². The number of rotatable bonds is 9. The molecule has 1 amide bonds. The molecular weight excluding hydrogens is 442 g/mol. The second-order valence-electron chi connectivity index (χ2n) is 8.12. The van der Waals surface area contributed by atoms with E-state index in [1.807, 2.05) is 42.6 Å². The minimum Gasteiger partial charge on any atom is -0.493 e. The Labute approximate surface area is 193 Å². The Balaban J connectivity index is 1.28. The van der Waals surface area contributed by atoms with Gasteiger partial charge in [-0.1, -0.05) is 18.2 Å². The molecule has 8 nitrogen and oxygen atoms in total. The van der Waals surface area contributed by atoms with Crippen LogP contribution in [0.4, 0.5) is 0 Å². The number of para-hydroxylation sites is 1. The summed E-state index contributed by atoms with van der Waals surface area (Å²) >= 11 is 0. The van der Waals surface area contributed by atoms with Gasteiger partial charge in [-0.15, -0.1) is 0 Å². The van der Waals surface area contributed by atoms with Crippen molar-refractivity contribution in [1.82, 2.24) is 14.6 Å². The summed E-state index contributed by atoms with van der Waals surface area (Å²) in [6.45, 7) is 1.05. The number of hydrogen-bond donors (Lipinski definition) is 2. The van der Waals surface area contributed by atoms with E-state index >= 15 is 0 Å². The van der Waals surface area contributed by atoms with E-state index in [0.29, 0.717) is 44.0 Å². The standard InChI is InChI=1S/C24H29N3O5S/c1-31-22-12-17-8-10-27(16-19(17)13-23(22)32-2)33(29,30)11-5-9-25-24(28)14-18-15-26-21-7-4-3-6-20(18)21/h3-4,6-7,12-13,15,26H,5,8-11,14,16H2,1-2H3,(H,25,28). The molecule has 33 heavy (non-hydrogen) atoms. The number of carbonyl (C=O) groups excluding carboxylic acids is 1. The number of methoxy groups -OCH3 is 2. The second-order valence-corrected chi connectivity index (χ2v) is 10.2. The Bertz CT molecular complexity index is 1250. The number of sulfonamides is 1. The van der Waals surface area contributed by atoms with Gasteiger partial charge in [0.1, 0.15) is 0 Å². The molecule has 4 rings (SSSR count). The first-order chi connectivity index (χ1) is 15.9. The summed E-state index contributed by atoms with van der Waals surface area (Å²) in [6.07, 6.45) is 3.08. The zero-order chi connectivity index (χ0) is 23.4. The van der Waals surface area contributed by atoms with Crippen LogP contribution < -0.4 is 14.8 Å². The number of nitrogens with zero attached hydrogens (tertiary/aromatic N) is 1. The zero-order valence-electron chi connectivity index (χ0n) is 18.9. The van der Waals surface area contributed by atoms with Crippen molar-refractivity contribution in [3.8, 4) is 11.5 Å². The summed E-state index contributed by atoms with van der Waals surface area (Å²) in [4.78, 5) is 15.5. The van der Waals surface area contributed by atoms with Crippen LogP contribution in [0.15, 0.2) is 42.6 Å². The van der Waals surface area contributed by atoms with Crippen molar-refractivity contribution in [3.63, 3.8) is 0 Å². The van der Waals surface area contributed by atoms with E-state index in [1.54, 1.807) is 14.2 Å². The van der Waals surface area contributed by atoms with Crippen LogP contribution in [0, 0.1) is 0 Å². The lowest BCUT2D eigenvalue weighted by Crippen LogP contribution is -2.38. The fourth-order valence-electron chi connectivity index (χ4n) is 4.22. The van der Waals surface area contributed by atoms with Crippen LogP contribution in [-0.4, -0.2) is 56.7 Å². The predicted molar refractivity (Wildman–Crippen MR) is 127 cm³/mol. The number of hydrogen-bond acceptors (Lipinski definition) is 5. The third-order valence-electron chi connectivity index (χ3n) is 6.00. The molecule has 0 saturated heterocycles. The van der Waals surface area contributed by atoms with Gasteiger partial charge in [0.25, 0.3) is 0 Å². The van der Waals surface area contributed by atoms with Gasteiger partial charge >= 0.3 is 0 Å². The van der Waals surface area contributed by atoms with Crippen LogP contribution in [-0.2, 0) is 34.2 Å². The van der Waals surface area contributed by atoms with Gasteiger partial charge in [-0.05, 0) is 47.7 Å². The molecule has 176 valence electrons. The number of amides is 1. The van der Waals surface area contributed by atoms with E-state index in [2.05, 4.69) is 10.3 Å². The topological polar surface area (TPSA) is 101 Å². The predicted octanol–water partition coefficient (Wildman–Crippen LogP) is 2.62. The summed E-state index contributed by atoms with van der Waals surface area (Å²) in [5.74, 6) is 1.11. The number of ether oxygens (including phenoxy) is 2. The van der Waals surface area contributed by atoms with Crippen LogP contribution in [0.25, 0.3) is 10.9 Å². The third kappa shape index (κ3) is 5.15. The Morgan fingerprint density at radius 2 is 1.85 bits per heavy atom. The van der Waals surface area contributed by atoms with Crippen molar-refractivity contribution in [2.45, 2.75) is 25.8 Å². The summed E-state index contributed by atoms with van der Waals surface area (Å²) in [5.41, 5.74) is 3.92. The van der Waals surface area contributed by atoms with Crippen molar-refractivity contribution in [1.29, 1.82) is 0 Å². The second kappa shape index (κ2) is 9.84. The molecule has 9 heteroatoms. The minimum absolute atomic E-state index is 0.0109. The lowest BCUT2D eigenvalue weighted by atomic mass is 10.0. The van der Waals surface area contributed by atoms with Crippen LogP contribution in [0.1, 0.15) is 23.1 Å². The molecule has 0 unspecified atom stereocenters. The van der Waals surface area contributed by atoms with Gasteiger partial charge in [0.05, 0.1) is 26.4 Å². The van der Waals surface area contributed by atoms with Crippen molar-refractivity contribution < 1.29 is 22.7 Å². The van der Waals surface area contributed by atoms with E-state index in [-0.39, 0.29) is 18.1 Å². The van der Waals surface area contributed by atoms with Gasteiger partial charge in [0.2, 0.25) is 15.9 Å². The average molecular weight is 472 g/mol. The van der Waals surface area contributed by atoms with Crippen molar-refractivity contribution in [2.24, 2.45) is 0 Å². The highest BCUT2D eigenvalue weighted by Gasteiger charge is 2.27. The normalized spacial score (nSPS) is 14.1. The summed E-state index contributed by atoms with van der Waals surface area (Å²) < 4.78 is 37.9. The zero-order valence-corrected chi connectivity index (χ0v) is 19.7. The Kier molecular flexibility index (Phi) is 6.90. The highest BCUT2D eigenvalue weighted by atomic mass is 32.2. The number of H-pyrrole nitrogens is 1. The number of nitrogens with one attached hydrogen (secondary N) is 2. The van der Waals surface area contributed by atoms with Gasteiger partial charge in [-0.2, -0.15) is 4.31 Å². The van der Waals surface area contributed by atoms with Gasteiger partial charge in [-0.25, -0.2) is 8.42 Å². The van der Waals surface area contributed by atoms with E-state index in [0.717, 1.165) is 27.6 Å². The fourth-order valence-corrected chi connectivity index (χ4v) is 5.69. The first-order valence-corrected chi connectivity index (χ1v) is 12.6. The molecule has 0 fully saturated rings. The lowest BCUT2D eigenvalue weighted by molar-refractivity contribution is -0.120. The highest BCUT2D eigenvalue weighted by molar-refractivity contribution is 7.89. The first kappa shape index (κ1) is 23.1. The molecule has 0 bridgehead atoms. The van der Waals surface area contributed by atoms with Crippen LogP contribution in [0.2, 0.25) is 0 Å². The van der Waals surface area contributed by atoms with Crippen molar-refractivity contribution >= 4 is 26.8 Å². The minimum atomic E-state index is -3.43. The van der Waals surface area contributed by atoms with Crippen molar-refractivity contribution in [2.75, 3.05) is 33.1 Å². The Morgan fingerprint density at radius 1 is 1.12 bits per heavy atom. The highest BCUT2D eigenvalue weighted by Crippen LogP contribution is 2.33. The summed E-state index contributed by atoms with van der Waals surface area (Å²) in [7, 11) is -0.283. The van der Waals surface area contributed by atoms with Gasteiger partial charge < -0.3 is 19.8 Å². The quantitative estimate of drug-likeness (QED) is 0.467. The number of aromatic amines is 1. The van der Waals surface area contributed by atoms with Gasteiger partial charge in [0.15, 0.2) is 11.5 Å². The molecule has 0 aliphatic carbocycles. The molecule has 0 saturated carbocycles. The number of benzene rings is 2. The largest absolute Gasteiger partial charge is 0.493 e. The molecule has 2 aromatic carbocycles. The number of fused-ring (bicyclic) bond motifs is 2. The van der Waals surface area contributed by atoms with E-state index in [4.69, 9.17) is 9.47 Å². The maximum absolute atomic E-state index is 12.9. The molecule has 0 atom stereocenters. The smallest absolute Gasteiger partial charge is 0.224 e. The van der Waals surface area contributed by atoms with Crippen LogP contribution in [0.3, 0.4) is 0 Å². The molecule has 1 aromatic heterocycles. The molecule has 1 aliphatic rings. The Hall–Kier alpha value is -3.04. The molecular formula is C24H29N3O5S. The summed E-state index contributed by atoms with van der Waals surface area (Å²) in [6, 6.07) is 11.6. The van der Waals surface area contributed by atoms with E-state index < -0.39 is 10.0 Å². The maximum Gasteiger partial charge on any atom is 0.224 e. The fraction of sp³-hybridized carbons (Fsp3) is 0.375. The van der Waals surface area contributed by atoms with Gasteiger partial charge in [0, 0.05) is 36.7 Å². The molecule has 2 heterocycles. The molecule has 3 aromatic rings.